The van der Waals surface area contributed by atoms with Crippen LogP contribution in [0.1, 0.15) is 199 Å². The lowest BCUT2D eigenvalue weighted by atomic mass is 9.86. The van der Waals surface area contributed by atoms with E-state index in [9.17, 15) is 9.90 Å². The third-order valence-corrected chi connectivity index (χ3v) is 13.7. The maximum atomic E-state index is 11.9. The maximum Gasteiger partial charge on any atom is 0.134 e. The molecule has 2 saturated heterocycles. The third-order valence-electron chi connectivity index (χ3n) is 13.1. The zero-order valence-electron chi connectivity index (χ0n) is 39.1. The first kappa shape index (κ1) is 53.6. The number of likely N-dealkylation sites (tertiary alicyclic amines) is 2. The van der Waals surface area contributed by atoms with E-state index in [0.717, 1.165) is 63.5 Å². The molecule has 0 amide bonds. The number of Topliss-reactive ketones (excluding diaryl/α,β-unsaturated/α-hetero) is 1. The second-order valence-corrected chi connectivity index (χ2v) is 19.1. The van der Waals surface area contributed by atoms with Crippen molar-refractivity contribution in [2.45, 2.75) is 207 Å². The van der Waals surface area contributed by atoms with E-state index in [1.807, 2.05) is 0 Å². The standard InChI is InChI=1S/C27H47NO.C22H35NO.C5H11Br/c1-3-5-10-19-27(29,20-11-6-4-2)21-24-28-22-17-26(18-23-28)16-12-15-25-13-8-7-9-14-25;1-2-3-5-13-22(24)16-19-23-17-14-21(15-18-23)12-8-11-20-9-6-4-7-10-20;1-2-3-4-5-6/h7-9,13-14,26,29H,3-6,10-12,15-24H2,1-2H3;4,6-7,9-10,21H,2-3,5,8,11-19H2,1H3;2-5H2,1H3. The number of hydrogen-bond donors (Lipinski definition) is 1. The Morgan fingerprint density at radius 3 is 1.41 bits per heavy atom. The number of aryl methyl sites for hydroxylation is 2. The van der Waals surface area contributed by atoms with Crippen LogP contribution in [-0.2, 0) is 17.6 Å². The molecule has 2 aromatic carbocycles. The van der Waals surface area contributed by atoms with Crippen molar-refractivity contribution >= 4 is 21.7 Å². The quantitative estimate of drug-likeness (QED) is 0.0653. The molecular formula is C54H93BrN2O2. The first-order chi connectivity index (χ1) is 28.8. The van der Waals surface area contributed by atoms with Crippen LogP contribution < -0.4 is 0 Å². The number of nitrogens with zero attached hydrogens (tertiary/aromatic N) is 2. The van der Waals surface area contributed by atoms with Crippen LogP contribution in [0.4, 0.5) is 0 Å². The molecule has 1 N–H and O–H groups in total. The summed E-state index contributed by atoms with van der Waals surface area (Å²) in [6, 6.07) is 21.8. The number of piperidine rings is 2. The molecule has 5 heteroatoms. The Balaban J connectivity index is 0.000000362. The predicted molar refractivity (Wildman–Crippen MR) is 262 cm³/mol. The summed E-state index contributed by atoms with van der Waals surface area (Å²) in [7, 11) is 0. The lowest BCUT2D eigenvalue weighted by Gasteiger charge is -2.35. The van der Waals surface area contributed by atoms with E-state index < -0.39 is 5.60 Å². The van der Waals surface area contributed by atoms with Crippen molar-refractivity contribution in [3.8, 4) is 0 Å². The molecule has 4 rings (SSSR count). The molecule has 2 fully saturated rings. The number of rotatable bonds is 29. The van der Waals surface area contributed by atoms with Crippen molar-refractivity contribution in [1.82, 2.24) is 9.80 Å². The van der Waals surface area contributed by atoms with Gasteiger partial charge in [-0.2, -0.15) is 0 Å². The van der Waals surface area contributed by atoms with Crippen molar-refractivity contribution < 1.29 is 9.90 Å². The molecule has 4 nitrogen and oxygen atoms in total. The molecule has 0 aromatic heterocycles. The highest BCUT2D eigenvalue weighted by Gasteiger charge is 2.28. The van der Waals surface area contributed by atoms with Crippen LogP contribution in [0.3, 0.4) is 0 Å². The van der Waals surface area contributed by atoms with E-state index in [1.165, 1.54) is 177 Å². The van der Waals surface area contributed by atoms with Crippen molar-refractivity contribution in [3.05, 3.63) is 71.8 Å². The minimum absolute atomic E-state index is 0.420. The average Bonchev–Trinajstić information content (AvgIpc) is 3.27. The molecule has 0 bridgehead atoms. The Morgan fingerprint density at radius 2 is 0.983 bits per heavy atom. The lowest BCUT2D eigenvalue weighted by molar-refractivity contribution is -0.119. The number of alkyl halides is 1. The first-order valence-electron chi connectivity index (χ1n) is 25.2. The van der Waals surface area contributed by atoms with Gasteiger partial charge in [-0.05, 0) is 133 Å². The summed E-state index contributed by atoms with van der Waals surface area (Å²) in [6.45, 7) is 15.8. The van der Waals surface area contributed by atoms with Gasteiger partial charge in [0.15, 0.2) is 0 Å². The van der Waals surface area contributed by atoms with Gasteiger partial charge in [-0.25, -0.2) is 0 Å². The monoisotopic (exact) mass is 881 g/mol. The second-order valence-electron chi connectivity index (χ2n) is 18.4. The van der Waals surface area contributed by atoms with Crippen molar-refractivity contribution in [3.63, 3.8) is 0 Å². The highest BCUT2D eigenvalue weighted by atomic mass is 79.9. The Kier molecular flexibility index (Phi) is 32.7. The zero-order valence-corrected chi connectivity index (χ0v) is 40.7. The summed E-state index contributed by atoms with van der Waals surface area (Å²) in [4.78, 5) is 17.0. The number of carbonyl (C=O) groups excluding carboxylic acids is 1. The zero-order chi connectivity index (χ0) is 42.7. The smallest absolute Gasteiger partial charge is 0.134 e. The summed E-state index contributed by atoms with van der Waals surface area (Å²) in [6.07, 6.45) is 32.5. The summed E-state index contributed by atoms with van der Waals surface area (Å²) >= 11 is 3.35. The second kappa shape index (κ2) is 36.0. The van der Waals surface area contributed by atoms with E-state index in [4.69, 9.17) is 0 Å². The van der Waals surface area contributed by atoms with Gasteiger partial charge in [-0.15, -0.1) is 0 Å². The number of ketones is 1. The number of hydrogen-bond acceptors (Lipinski definition) is 4. The molecule has 338 valence electrons. The van der Waals surface area contributed by atoms with Crippen molar-refractivity contribution in [2.24, 2.45) is 11.8 Å². The Hall–Kier alpha value is -1.53. The van der Waals surface area contributed by atoms with E-state index in [2.05, 4.69) is 114 Å². The number of benzene rings is 2. The molecule has 0 aliphatic carbocycles. The van der Waals surface area contributed by atoms with Gasteiger partial charge in [0, 0.05) is 31.3 Å². The van der Waals surface area contributed by atoms with Gasteiger partial charge in [0.1, 0.15) is 5.78 Å². The highest BCUT2D eigenvalue weighted by molar-refractivity contribution is 9.09. The van der Waals surface area contributed by atoms with Crippen LogP contribution in [0.15, 0.2) is 60.7 Å². The fourth-order valence-corrected chi connectivity index (χ4v) is 9.35. The van der Waals surface area contributed by atoms with Gasteiger partial charge in [-0.1, -0.05) is 181 Å². The van der Waals surface area contributed by atoms with Crippen LogP contribution in [0.25, 0.3) is 0 Å². The summed E-state index contributed by atoms with van der Waals surface area (Å²) in [5.74, 6) is 2.27. The van der Waals surface area contributed by atoms with Crippen LogP contribution in [0.5, 0.6) is 0 Å². The number of unbranched alkanes of at least 4 members (excludes halogenated alkanes) is 8. The van der Waals surface area contributed by atoms with Crippen molar-refractivity contribution in [1.29, 1.82) is 0 Å². The molecule has 0 unspecified atom stereocenters. The number of carbonyl (C=O) groups is 1. The number of aliphatic hydroxyl groups is 1. The van der Waals surface area contributed by atoms with Gasteiger partial charge in [0.05, 0.1) is 5.60 Å². The molecule has 2 aliphatic rings. The topological polar surface area (TPSA) is 43.8 Å². The highest BCUT2D eigenvalue weighted by Crippen LogP contribution is 2.29. The van der Waals surface area contributed by atoms with Gasteiger partial charge >= 0.3 is 0 Å². The lowest BCUT2D eigenvalue weighted by Crippen LogP contribution is -2.39. The Bertz CT molecular complexity index is 1200. The van der Waals surface area contributed by atoms with Crippen LogP contribution in [-0.4, -0.2) is 70.9 Å². The normalized spacial score (nSPS) is 15.6. The van der Waals surface area contributed by atoms with Gasteiger partial charge < -0.3 is 14.9 Å². The molecule has 2 aliphatic heterocycles. The molecular weight excluding hydrogens is 789 g/mol. The minimum Gasteiger partial charge on any atom is -0.390 e. The van der Waals surface area contributed by atoms with Crippen LogP contribution >= 0.6 is 15.9 Å². The fraction of sp³-hybridized carbons (Fsp3) is 0.759. The fourth-order valence-electron chi connectivity index (χ4n) is 8.95. The molecule has 59 heavy (non-hydrogen) atoms. The van der Waals surface area contributed by atoms with Gasteiger partial charge in [0.2, 0.25) is 0 Å². The predicted octanol–water partition coefficient (Wildman–Crippen LogP) is 14.8. The van der Waals surface area contributed by atoms with Crippen LogP contribution in [0.2, 0.25) is 0 Å². The molecule has 0 atom stereocenters. The van der Waals surface area contributed by atoms with Crippen molar-refractivity contribution in [2.75, 3.05) is 44.6 Å². The van der Waals surface area contributed by atoms with E-state index in [-0.39, 0.29) is 0 Å². The van der Waals surface area contributed by atoms with E-state index >= 15 is 0 Å². The summed E-state index contributed by atoms with van der Waals surface area (Å²) in [5.41, 5.74) is 2.53. The molecule has 0 radical (unpaired) electrons. The largest absolute Gasteiger partial charge is 0.390 e. The average molecular weight is 882 g/mol. The Labute approximate surface area is 374 Å². The molecule has 0 spiro atoms. The summed E-state index contributed by atoms with van der Waals surface area (Å²) in [5, 5.41) is 12.4. The summed E-state index contributed by atoms with van der Waals surface area (Å²) < 4.78 is 0. The minimum atomic E-state index is -0.420. The number of halogens is 1. The first-order valence-corrected chi connectivity index (χ1v) is 26.3. The van der Waals surface area contributed by atoms with E-state index in [1.54, 1.807) is 0 Å². The van der Waals surface area contributed by atoms with Crippen LogP contribution in [0, 0.1) is 11.8 Å². The Morgan fingerprint density at radius 1 is 0.559 bits per heavy atom. The molecule has 2 aromatic rings. The third kappa shape index (κ3) is 27.9. The van der Waals surface area contributed by atoms with E-state index in [0.29, 0.717) is 5.78 Å². The van der Waals surface area contributed by atoms with Gasteiger partial charge in [0.25, 0.3) is 0 Å². The molecule has 0 saturated carbocycles. The van der Waals surface area contributed by atoms with Gasteiger partial charge in [-0.3, -0.25) is 4.79 Å². The molecule has 2 heterocycles. The maximum absolute atomic E-state index is 11.9. The SMILES string of the molecule is CCCCCBr.CCCCCC(=O)CCN1CCC(CCCc2ccccc2)CC1.CCCCCC(O)(CCCCC)CCN1CCC(CCCc2ccccc2)CC1.